The van der Waals surface area contributed by atoms with E-state index >= 15 is 0 Å². The first-order valence-electron chi connectivity index (χ1n) is 6.97. The lowest BCUT2D eigenvalue weighted by Gasteiger charge is -2.31. The van der Waals surface area contributed by atoms with Crippen LogP contribution in [0.25, 0.3) is 0 Å². The van der Waals surface area contributed by atoms with E-state index in [1.807, 2.05) is 13.1 Å². The zero-order valence-electron chi connectivity index (χ0n) is 12.0. The van der Waals surface area contributed by atoms with Crippen LogP contribution in [0.2, 0.25) is 0 Å². The summed E-state index contributed by atoms with van der Waals surface area (Å²) in [5, 5.41) is 8.65. The zero-order chi connectivity index (χ0) is 14.1. The second-order valence-corrected chi connectivity index (χ2v) is 5.77. The number of aromatic nitrogens is 3. The van der Waals surface area contributed by atoms with Gasteiger partial charge in [0.25, 0.3) is 0 Å². The summed E-state index contributed by atoms with van der Waals surface area (Å²) in [6.45, 7) is 1.61. The van der Waals surface area contributed by atoms with Crippen LogP contribution < -0.4 is 5.73 Å². The van der Waals surface area contributed by atoms with Gasteiger partial charge < -0.3 is 14.7 Å². The molecule has 0 aromatic carbocycles. The molecule has 0 bridgehead atoms. The lowest BCUT2D eigenvalue weighted by Crippen LogP contribution is -2.36. The average Bonchev–Trinajstić information content (AvgIpc) is 2.98. The van der Waals surface area contributed by atoms with Crippen LogP contribution in [-0.4, -0.2) is 32.8 Å². The van der Waals surface area contributed by atoms with Crippen molar-refractivity contribution < 1.29 is 4.42 Å². The summed E-state index contributed by atoms with van der Waals surface area (Å²) in [5.74, 6) is 2.54. The molecule has 0 aliphatic heterocycles. The molecule has 2 aromatic heterocycles. The van der Waals surface area contributed by atoms with Crippen LogP contribution in [-0.2, 0) is 20.1 Å². The number of hydrogen-bond acceptors (Lipinski definition) is 5. The molecule has 1 fully saturated rings. The van der Waals surface area contributed by atoms with E-state index in [0.717, 1.165) is 37.6 Å². The van der Waals surface area contributed by atoms with E-state index in [0.29, 0.717) is 12.0 Å². The molecule has 0 unspecified atom stereocenters. The summed E-state index contributed by atoms with van der Waals surface area (Å²) in [7, 11) is 4.11. The summed E-state index contributed by atoms with van der Waals surface area (Å²) in [5.41, 5.74) is 7.01. The minimum absolute atomic E-state index is 0.337. The fourth-order valence-electron chi connectivity index (χ4n) is 2.73. The lowest BCUT2D eigenvalue weighted by molar-refractivity contribution is 0.301. The average molecular weight is 275 g/mol. The van der Waals surface area contributed by atoms with E-state index in [1.54, 1.807) is 12.5 Å². The molecule has 2 heterocycles. The van der Waals surface area contributed by atoms with Gasteiger partial charge in [0.15, 0.2) is 0 Å². The Morgan fingerprint density at radius 3 is 2.85 bits per heavy atom. The van der Waals surface area contributed by atoms with Gasteiger partial charge in [0.1, 0.15) is 11.6 Å². The Morgan fingerprint density at radius 1 is 1.40 bits per heavy atom. The molecule has 108 valence electrons. The van der Waals surface area contributed by atoms with Crippen LogP contribution in [0.1, 0.15) is 36.0 Å². The van der Waals surface area contributed by atoms with Crippen LogP contribution >= 0.6 is 0 Å². The summed E-state index contributed by atoms with van der Waals surface area (Å²) in [6, 6.07) is 2.32. The second-order valence-electron chi connectivity index (χ2n) is 5.77. The SMILES string of the molecule is CN(Cc1ccoc1)Cc1nnc(C2CC(N)C2)n1C. The summed E-state index contributed by atoms with van der Waals surface area (Å²) in [6.07, 6.45) is 5.52. The smallest absolute Gasteiger partial charge is 0.146 e. The highest BCUT2D eigenvalue weighted by molar-refractivity contribution is 5.09. The standard InChI is InChI=1S/C14H21N5O/c1-18(7-10-3-4-20-9-10)8-13-16-17-14(19(13)2)11-5-12(15)6-11/h3-4,9,11-12H,5-8,15H2,1-2H3. The van der Waals surface area contributed by atoms with Crippen molar-refractivity contribution in [1.82, 2.24) is 19.7 Å². The van der Waals surface area contributed by atoms with Crippen molar-refractivity contribution in [2.45, 2.75) is 37.9 Å². The lowest BCUT2D eigenvalue weighted by atomic mass is 9.80. The summed E-state index contributed by atoms with van der Waals surface area (Å²) >= 11 is 0. The Kier molecular flexibility index (Phi) is 3.58. The Hall–Kier alpha value is -1.66. The Balaban J connectivity index is 1.62. The van der Waals surface area contributed by atoms with Crippen LogP contribution in [0.4, 0.5) is 0 Å². The molecule has 0 spiro atoms. The van der Waals surface area contributed by atoms with Crippen LogP contribution in [0, 0.1) is 0 Å². The topological polar surface area (TPSA) is 73.1 Å². The van der Waals surface area contributed by atoms with Gasteiger partial charge in [0.2, 0.25) is 0 Å². The number of hydrogen-bond donors (Lipinski definition) is 1. The highest BCUT2D eigenvalue weighted by Gasteiger charge is 2.31. The largest absolute Gasteiger partial charge is 0.472 e. The number of nitrogens with two attached hydrogens (primary N) is 1. The summed E-state index contributed by atoms with van der Waals surface area (Å²) < 4.78 is 7.20. The molecule has 1 aliphatic carbocycles. The molecule has 2 N–H and O–H groups in total. The minimum Gasteiger partial charge on any atom is -0.472 e. The third-order valence-corrected chi connectivity index (χ3v) is 3.98. The maximum Gasteiger partial charge on any atom is 0.146 e. The van der Waals surface area contributed by atoms with Gasteiger partial charge in [-0.25, -0.2) is 0 Å². The van der Waals surface area contributed by atoms with Gasteiger partial charge in [0, 0.05) is 31.1 Å². The zero-order valence-corrected chi connectivity index (χ0v) is 12.0. The van der Waals surface area contributed by atoms with Crippen LogP contribution in [0.5, 0.6) is 0 Å². The van der Waals surface area contributed by atoms with Crippen molar-refractivity contribution in [2.24, 2.45) is 12.8 Å². The number of furan rings is 1. The van der Waals surface area contributed by atoms with Gasteiger partial charge in [0.05, 0.1) is 19.1 Å². The molecular weight excluding hydrogens is 254 g/mol. The molecular formula is C14H21N5O. The molecule has 0 amide bonds. The fourth-order valence-corrected chi connectivity index (χ4v) is 2.73. The minimum atomic E-state index is 0.337. The molecule has 1 saturated carbocycles. The highest BCUT2D eigenvalue weighted by Crippen LogP contribution is 2.34. The van der Waals surface area contributed by atoms with Crippen molar-refractivity contribution >= 4 is 0 Å². The van der Waals surface area contributed by atoms with Gasteiger partial charge in [-0.2, -0.15) is 0 Å². The van der Waals surface area contributed by atoms with E-state index in [-0.39, 0.29) is 0 Å². The molecule has 0 radical (unpaired) electrons. The van der Waals surface area contributed by atoms with Gasteiger partial charge in [-0.05, 0) is 26.0 Å². The predicted octanol–water partition coefficient (Wildman–Crippen LogP) is 1.24. The molecule has 3 rings (SSSR count). The summed E-state index contributed by atoms with van der Waals surface area (Å²) in [4.78, 5) is 2.20. The van der Waals surface area contributed by atoms with Gasteiger partial charge in [-0.15, -0.1) is 10.2 Å². The molecule has 6 heteroatoms. The second kappa shape index (κ2) is 5.38. The van der Waals surface area contributed by atoms with Crippen molar-refractivity contribution in [1.29, 1.82) is 0 Å². The van der Waals surface area contributed by atoms with Crippen molar-refractivity contribution in [3.8, 4) is 0 Å². The maximum atomic E-state index is 5.85. The fraction of sp³-hybridized carbons (Fsp3) is 0.571. The van der Waals surface area contributed by atoms with Crippen molar-refractivity contribution in [3.05, 3.63) is 35.8 Å². The van der Waals surface area contributed by atoms with Gasteiger partial charge in [-0.3, -0.25) is 4.90 Å². The third-order valence-electron chi connectivity index (χ3n) is 3.98. The molecule has 1 aliphatic rings. The first-order valence-corrected chi connectivity index (χ1v) is 6.97. The van der Waals surface area contributed by atoms with Gasteiger partial charge >= 0.3 is 0 Å². The molecule has 6 nitrogen and oxygen atoms in total. The van der Waals surface area contributed by atoms with E-state index in [4.69, 9.17) is 10.2 Å². The third kappa shape index (κ3) is 2.62. The molecule has 20 heavy (non-hydrogen) atoms. The highest BCUT2D eigenvalue weighted by atomic mass is 16.3. The number of nitrogens with zero attached hydrogens (tertiary/aromatic N) is 4. The number of rotatable bonds is 5. The molecule has 2 aromatic rings. The van der Waals surface area contributed by atoms with E-state index in [2.05, 4.69) is 26.7 Å². The normalized spacial score (nSPS) is 22.2. The first kappa shape index (κ1) is 13.3. The van der Waals surface area contributed by atoms with Crippen LogP contribution in [0.3, 0.4) is 0 Å². The Labute approximate surface area is 118 Å². The van der Waals surface area contributed by atoms with Crippen molar-refractivity contribution in [3.63, 3.8) is 0 Å². The quantitative estimate of drug-likeness (QED) is 0.889. The first-order chi connectivity index (χ1) is 9.63. The molecule has 0 atom stereocenters. The van der Waals surface area contributed by atoms with Crippen LogP contribution in [0.15, 0.2) is 23.0 Å². The maximum absolute atomic E-state index is 5.85. The van der Waals surface area contributed by atoms with E-state index < -0.39 is 0 Å². The Bertz CT molecular complexity index is 556. The Morgan fingerprint density at radius 2 is 2.20 bits per heavy atom. The van der Waals surface area contributed by atoms with E-state index in [9.17, 15) is 0 Å². The molecule has 0 saturated heterocycles. The monoisotopic (exact) mass is 275 g/mol. The predicted molar refractivity (Wildman–Crippen MR) is 74.8 cm³/mol. The van der Waals surface area contributed by atoms with Gasteiger partial charge in [-0.1, -0.05) is 0 Å². The van der Waals surface area contributed by atoms with Crippen molar-refractivity contribution in [2.75, 3.05) is 7.05 Å². The van der Waals surface area contributed by atoms with E-state index in [1.165, 1.54) is 5.56 Å².